The maximum atomic E-state index is 12.2. The highest BCUT2D eigenvalue weighted by atomic mass is 16.6. The Labute approximate surface area is 260 Å². The zero-order chi connectivity index (χ0) is 31.5. The predicted octanol–water partition coefficient (Wildman–Crippen LogP) is 9.60. The Hall–Kier alpha value is -4.58. The van der Waals surface area contributed by atoms with Crippen LogP contribution in [0.1, 0.15) is 63.8 Å². The van der Waals surface area contributed by atoms with Crippen LogP contribution in [-0.4, -0.2) is 23.4 Å². The van der Waals surface area contributed by atoms with E-state index < -0.39 is 23.4 Å². The highest BCUT2D eigenvalue weighted by Gasteiger charge is 2.18. The molecule has 0 aromatic heterocycles. The maximum Gasteiger partial charge on any atom is 0.412 e. The summed E-state index contributed by atoms with van der Waals surface area (Å²) in [5.74, 6) is 0. The molecule has 0 saturated carbocycles. The highest BCUT2D eigenvalue weighted by molar-refractivity contribution is 5.86. The van der Waals surface area contributed by atoms with Crippen LogP contribution in [0.2, 0.25) is 0 Å². The van der Waals surface area contributed by atoms with Crippen LogP contribution in [0.4, 0.5) is 21.0 Å². The molecule has 4 bridgehead atoms. The molecule has 0 radical (unpaired) electrons. The van der Waals surface area contributed by atoms with Crippen molar-refractivity contribution in [1.29, 1.82) is 0 Å². The average molecular weight is 591 g/mol. The first kappa shape index (κ1) is 30.9. The van der Waals surface area contributed by atoms with Crippen molar-refractivity contribution in [3.05, 3.63) is 107 Å². The van der Waals surface area contributed by atoms with Gasteiger partial charge in [0.15, 0.2) is 0 Å². The molecule has 228 valence electrons. The Morgan fingerprint density at radius 3 is 1.23 bits per heavy atom. The fraction of sp³-hybridized carbons (Fsp3) is 0.316. The SMILES string of the molecule is CC(C)(C)OC(=O)Nc1ccc(-c2cc3ccc2CCc2ccc(c(-c4ccc(NC(=O)OC(C)(C)C)cc4)c2)CC3)cc1. The third-order valence-corrected chi connectivity index (χ3v) is 7.40. The molecular formula is C38H42N2O4. The van der Waals surface area contributed by atoms with Crippen LogP contribution in [0.25, 0.3) is 22.3 Å². The average Bonchev–Trinajstić information content (AvgIpc) is 2.93. The van der Waals surface area contributed by atoms with Gasteiger partial charge in [-0.15, -0.1) is 0 Å². The molecule has 0 aliphatic heterocycles. The summed E-state index contributed by atoms with van der Waals surface area (Å²) >= 11 is 0. The summed E-state index contributed by atoms with van der Waals surface area (Å²) in [6.07, 6.45) is 2.73. The lowest BCUT2D eigenvalue weighted by Crippen LogP contribution is -2.27. The van der Waals surface area contributed by atoms with Gasteiger partial charge in [-0.25, -0.2) is 9.59 Å². The summed E-state index contributed by atoms with van der Waals surface area (Å²) in [6, 6.07) is 29.6. The number of ether oxygens (including phenoxy) is 2. The molecule has 4 aliphatic carbocycles. The van der Waals surface area contributed by atoms with Crippen LogP contribution in [-0.2, 0) is 35.2 Å². The van der Waals surface area contributed by atoms with Gasteiger partial charge in [-0.2, -0.15) is 0 Å². The van der Waals surface area contributed by atoms with Crippen molar-refractivity contribution in [2.75, 3.05) is 10.6 Å². The van der Waals surface area contributed by atoms with Crippen molar-refractivity contribution in [3.8, 4) is 22.3 Å². The van der Waals surface area contributed by atoms with Gasteiger partial charge in [0.25, 0.3) is 0 Å². The molecule has 0 atom stereocenters. The largest absolute Gasteiger partial charge is 0.444 e. The number of carbonyl (C=O) groups excluding carboxylic acids is 2. The minimum absolute atomic E-state index is 0.458. The maximum absolute atomic E-state index is 12.2. The number of rotatable bonds is 4. The normalized spacial score (nSPS) is 13.0. The molecule has 4 aliphatic rings. The zero-order valence-corrected chi connectivity index (χ0v) is 26.5. The summed E-state index contributed by atoms with van der Waals surface area (Å²) < 4.78 is 10.8. The van der Waals surface area contributed by atoms with E-state index in [9.17, 15) is 9.59 Å². The number of hydrogen-bond acceptors (Lipinski definition) is 4. The lowest BCUT2D eigenvalue weighted by atomic mass is 9.87. The van der Waals surface area contributed by atoms with Crippen LogP contribution in [0, 0.1) is 0 Å². The summed E-state index contributed by atoms with van der Waals surface area (Å²) in [4.78, 5) is 24.4. The molecule has 0 spiro atoms. The molecule has 44 heavy (non-hydrogen) atoms. The third kappa shape index (κ3) is 8.28. The molecule has 6 heteroatoms. The molecule has 0 unspecified atom stereocenters. The van der Waals surface area contributed by atoms with E-state index in [1.165, 1.54) is 33.4 Å². The second kappa shape index (κ2) is 12.6. The van der Waals surface area contributed by atoms with E-state index in [-0.39, 0.29) is 0 Å². The molecule has 0 heterocycles. The van der Waals surface area contributed by atoms with E-state index in [0.717, 1.165) is 36.8 Å². The van der Waals surface area contributed by atoms with Crippen molar-refractivity contribution >= 4 is 23.6 Å². The van der Waals surface area contributed by atoms with Crippen molar-refractivity contribution in [3.63, 3.8) is 0 Å². The van der Waals surface area contributed by atoms with Gasteiger partial charge in [0, 0.05) is 11.4 Å². The van der Waals surface area contributed by atoms with Crippen molar-refractivity contribution < 1.29 is 19.1 Å². The second-order valence-corrected chi connectivity index (χ2v) is 13.4. The molecule has 6 nitrogen and oxygen atoms in total. The number of nitrogens with one attached hydrogen (secondary N) is 2. The standard InChI is InChI=1S/C38H42N2O4/c1-37(2,3)43-35(41)39-31-19-15-29(16-20-31)33-23-25-7-11-27(33)13-9-26-8-12-28(14-10-25)34(24-26)30-17-21-32(22-18-30)40-36(42)44-38(4,5)6/h7-8,11-12,15-24H,9-10,13-14H2,1-6H3,(H,39,41)(H,40,42). The zero-order valence-electron chi connectivity index (χ0n) is 26.5. The van der Waals surface area contributed by atoms with Gasteiger partial charge in [0.2, 0.25) is 0 Å². The molecule has 4 aromatic carbocycles. The molecule has 0 saturated heterocycles. The van der Waals surface area contributed by atoms with Crippen LogP contribution in [0.5, 0.6) is 0 Å². The highest BCUT2D eigenvalue weighted by Crippen LogP contribution is 2.32. The van der Waals surface area contributed by atoms with Crippen LogP contribution >= 0.6 is 0 Å². The van der Waals surface area contributed by atoms with E-state index in [4.69, 9.17) is 9.47 Å². The van der Waals surface area contributed by atoms with Crippen LogP contribution < -0.4 is 10.6 Å². The van der Waals surface area contributed by atoms with E-state index >= 15 is 0 Å². The number of hydrogen-bond donors (Lipinski definition) is 2. The lowest BCUT2D eigenvalue weighted by Gasteiger charge is -2.20. The quantitative estimate of drug-likeness (QED) is 0.248. The van der Waals surface area contributed by atoms with Gasteiger partial charge in [-0.3, -0.25) is 10.6 Å². The van der Waals surface area contributed by atoms with Gasteiger partial charge < -0.3 is 9.47 Å². The van der Waals surface area contributed by atoms with Gasteiger partial charge in [-0.05, 0) is 136 Å². The van der Waals surface area contributed by atoms with E-state index in [1.807, 2.05) is 65.8 Å². The Kier molecular flexibility index (Phi) is 8.82. The van der Waals surface area contributed by atoms with Gasteiger partial charge in [-0.1, -0.05) is 60.7 Å². The summed E-state index contributed by atoms with van der Waals surface area (Å²) in [5, 5.41) is 5.65. The smallest absolute Gasteiger partial charge is 0.412 e. The van der Waals surface area contributed by atoms with Crippen LogP contribution in [0.3, 0.4) is 0 Å². The molecule has 0 fully saturated rings. The number of anilines is 2. The topological polar surface area (TPSA) is 76.7 Å². The number of carbonyl (C=O) groups is 2. The first-order valence-corrected chi connectivity index (χ1v) is 15.3. The molecule has 2 amide bonds. The van der Waals surface area contributed by atoms with E-state index in [0.29, 0.717) is 11.4 Å². The van der Waals surface area contributed by atoms with Crippen LogP contribution in [0.15, 0.2) is 84.9 Å². The Morgan fingerprint density at radius 1 is 0.523 bits per heavy atom. The summed E-state index contributed by atoms with van der Waals surface area (Å²) in [6.45, 7) is 11.1. The first-order valence-electron chi connectivity index (χ1n) is 15.3. The molecule has 4 aromatic rings. The number of aryl methyl sites for hydroxylation is 4. The number of amides is 2. The first-order chi connectivity index (χ1) is 20.8. The predicted molar refractivity (Wildman–Crippen MR) is 178 cm³/mol. The monoisotopic (exact) mass is 590 g/mol. The molecule has 2 N–H and O–H groups in total. The minimum Gasteiger partial charge on any atom is -0.444 e. The molecular weight excluding hydrogens is 548 g/mol. The fourth-order valence-electron chi connectivity index (χ4n) is 5.40. The molecule has 8 rings (SSSR count). The minimum atomic E-state index is -0.547. The van der Waals surface area contributed by atoms with Crippen molar-refractivity contribution in [2.24, 2.45) is 0 Å². The van der Waals surface area contributed by atoms with Gasteiger partial charge in [0.1, 0.15) is 11.2 Å². The third-order valence-electron chi connectivity index (χ3n) is 7.40. The second-order valence-electron chi connectivity index (χ2n) is 13.4. The fourth-order valence-corrected chi connectivity index (χ4v) is 5.40. The van der Waals surface area contributed by atoms with Crippen molar-refractivity contribution in [1.82, 2.24) is 0 Å². The number of benzene rings is 4. The lowest BCUT2D eigenvalue weighted by molar-refractivity contribution is 0.0624. The van der Waals surface area contributed by atoms with Gasteiger partial charge in [0.05, 0.1) is 0 Å². The Balaban J connectivity index is 1.34. The van der Waals surface area contributed by atoms with E-state index in [1.54, 1.807) is 0 Å². The Bertz CT molecular complexity index is 1520. The summed E-state index contributed by atoms with van der Waals surface area (Å²) in [7, 11) is 0. The summed E-state index contributed by atoms with van der Waals surface area (Å²) in [5.41, 5.74) is 10.2. The van der Waals surface area contributed by atoms with E-state index in [2.05, 4.69) is 71.3 Å². The van der Waals surface area contributed by atoms with Crippen molar-refractivity contribution in [2.45, 2.75) is 78.4 Å². The Morgan fingerprint density at radius 2 is 0.886 bits per heavy atom. The van der Waals surface area contributed by atoms with Gasteiger partial charge >= 0.3 is 12.2 Å².